The van der Waals surface area contributed by atoms with Crippen molar-refractivity contribution in [2.45, 2.75) is 46.5 Å². The topological polar surface area (TPSA) is 72.8 Å². The van der Waals surface area contributed by atoms with Crippen molar-refractivity contribution in [3.63, 3.8) is 0 Å². The van der Waals surface area contributed by atoms with Gasteiger partial charge in [0, 0.05) is 6.08 Å². The molecule has 0 aromatic carbocycles. The summed E-state index contributed by atoms with van der Waals surface area (Å²) in [7, 11) is 0. The van der Waals surface area contributed by atoms with Crippen LogP contribution < -0.4 is 0 Å². The molecule has 0 rings (SSSR count). The summed E-state index contributed by atoms with van der Waals surface area (Å²) in [6, 6.07) is 0. The van der Waals surface area contributed by atoms with Gasteiger partial charge in [0.05, 0.1) is 13.2 Å². The van der Waals surface area contributed by atoms with Crippen molar-refractivity contribution in [1.29, 1.82) is 0 Å². The van der Waals surface area contributed by atoms with Crippen molar-refractivity contribution in [3.8, 4) is 0 Å². The minimum absolute atomic E-state index is 0.262. The second-order valence-corrected chi connectivity index (χ2v) is 4.42. The average molecular weight is 300 g/mol. The lowest BCUT2D eigenvalue weighted by atomic mass is 10.0. The van der Waals surface area contributed by atoms with Crippen molar-refractivity contribution in [2.75, 3.05) is 13.2 Å². The van der Waals surface area contributed by atoms with Crippen molar-refractivity contribution in [1.82, 2.24) is 0 Å². The van der Waals surface area contributed by atoms with Crippen molar-refractivity contribution >= 4 is 11.9 Å². The third-order valence-electron chi connectivity index (χ3n) is 2.68. The summed E-state index contributed by atoms with van der Waals surface area (Å²) in [5.41, 5.74) is 0. The van der Waals surface area contributed by atoms with Crippen LogP contribution in [0.4, 0.5) is 0 Å². The Hall–Kier alpha value is -1.78. The van der Waals surface area contributed by atoms with Gasteiger partial charge in [-0.05, 0) is 25.8 Å². The van der Waals surface area contributed by atoms with E-state index in [1.807, 2.05) is 0 Å². The molecule has 0 aliphatic carbocycles. The van der Waals surface area contributed by atoms with Crippen molar-refractivity contribution < 1.29 is 24.2 Å². The molecule has 1 atom stereocenters. The highest BCUT2D eigenvalue weighted by molar-refractivity contribution is 5.84. The van der Waals surface area contributed by atoms with E-state index >= 15 is 0 Å². The summed E-state index contributed by atoms with van der Waals surface area (Å²) in [6.07, 6.45) is 5.85. The number of aliphatic hydroxyl groups excluding tert-OH is 1. The van der Waals surface area contributed by atoms with Crippen LogP contribution in [0.15, 0.2) is 25.0 Å². The van der Waals surface area contributed by atoms with Crippen LogP contribution in [0.5, 0.6) is 0 Å². The van der Waals surface area contributed by atoms with Crippen molar-refractivity contribution in [3.05, 3.63) is 25.0 Å². The number of carbonyl (C=O) groups excluding carboxylic acids is 2. The molecule has 0 aromatic heterocycles. The van der Waals surface area contributed by atoms with Crippen LogP contribution >= 0.6 is 0 Å². The first-order valence-electron chi connectivity index (χ1n) is 7.26. The fourth-order valence-corrected chi connectivity index (χ4v) is 1.37. The molecule has 0 amide bonds. The second-order valence-electron chi connectivity index (χ2n) is 4.42. The minimum atomic E-state index is -0.757. The molecule has 21 heavy (non-hydrogen) atoms. The number of unbranched alkanes of at least 4 members (excludes halogenated alkanes) is 1. The zero-order valence-corrected chi connectivity index (χ0v) is 13.4. The van der Waals surface area contributed by atoms with E-state index in [-0.39, 0.29) is 12.6 Å². The van der Waals surface area contributed by atoms with E-state index in [0.717, 1.165) is 12.8 Å². The molecule has 122 valence electrons. The number of carbonyl (C=O) groups is 2. The van der Waals surface area contributed by atoms with Crippen LogP contribution in [0.2, 0.25) is 0 Å². The summed E-state index contributed by atoms with van der Waals surface area (Å²) < 4.78 is 9.30. The van der Waals surface area contributed by atoms with Gasteiger partial charge >= 0.3 is 11.9 Å². The normalized spacial score (nSPS) is 10.6. The Bertz CT molecular complexity index is 323. The molecular formula is C16H28O5. The molecule has 0 aliphatic heterocycles. The SMILES string of the molecule is C=C(O)C(=O)OCC.C=CC(=O)OCC(CC)CCCC. The van der Waals surface area contributed by atoms with Crippen molar-refractivity contribution in [2.24, 2.45) is 5.92 Å². The number of ether oxygens (including phenoxy) is 2. The monoisotopic (exact) mass is 300 g/mol. The summed E-state index contributed by atoms with van der Waals surface area (Å²) in [4.78, 5) is 20.9. The highest BCUT2D eigenvalue weighted by atomic mass is 16.5. The summed E-state index contributed by atoms with van der Waals surface area (Å²) in [5.74, 6) is -1.10. The first-order chi connectivity index (χ1) is 9.92. The highest BCUT2D eigenvalue weighted by Crippen LogP contribution is 2.12. The Morgan fingerprint density at radius 3 is 2.19 bits per heavy atom. The van der Waals surface area contributed by atoms with Gasteiger partial charge in [-0.1, -0.05) is 39.7 Å². The van der Waals surface area contributed by atoms with Crippen LogP contribution in [0.25, 0.3) is 0 Å². The molecule has 0 spiro atoms. The molecule has 5 heteroatoms. The molecule has 0 heterocycles. The molecule has 0 fully saturated rings. The van der Waals surface area contributed by atoms with Gasteiger partial charge in [0.15, 0.2) is 5.76 Å². The Morgan fingerprint density at radius 2 is 1.86 bits per heavy atom. The highest BCUT2D eigenvalue weighted by Gasteiger charge is 2.07. The van der Waals surface area contributed by atoms with Crippen LogP contribution in [0, 0.1) is 5.92 Å². The average Bonchev–Trinajstić information content (AvgIpc) is 2.48. The minimum Gasteiger partial charge on any atom is -0.502 e. The number of aliphatic hydroxyl groups is 1. The zero-order valence-electron chi connectivity index (χ0n) is 13.4. The van der Waals surface area contributed by atoms with E-state index in [1.165, 1.54) is 18.9 Å². The molecule has 0 radical (unpaired) electrons. The lowest BCUT2D eigenvalue weighted by molar-refractivity contribution is -0.141. The number of esters is 2. The van der Waals surface area contributed by atoms with E-state index in [0.29, 0.717) is 12.5 Å². The number of hydrogen-bond donors (Lipinski definition) is 1. The number of hydrogen-bond acceptors (Lipinski definition) is 5. The molecule has 0 saturated heterocycles. The lowest BCUT2D eigenvalue weighted by Gasteiger charge is -2.13. The first-order valence-corrected chi connectivity index (χ1v) is 7.26. The summed E-state index contributed by atoms with van der Waals surface area (Å²) in [6.45, 7) is 13.1. The largest absolute Gasteiger partial charge is 0.502 e. The van der Waals surface area contributed by atoms with Crippen LogP contribution in [-0.2, 0) is 19.1 Å². The summed E-state index contributed by atoms with van der Waals surface area (Å²) >= 11 is 0. The Kier molecular flexibility index (Phi) is 15.0. The van der Waals surface area contributed by atoms with Crippen LogP contribution in [0.3, 0.4) is 0 Å². The Labute approximate surface area is 127 Å². The zero-order chi connectivity index (χ0) is 16.7. The van der Waals surface area contributed by atoms with Gasteiger partial charge in [0.2, 0.25) is 0 Å². The Balaban J connectivity index is 0. The molecule has 0 aromatic rings. The lowest BCUT2D eigenvalue weighted by Crippen LogP contribution is -2.12. The van der Waals surface area contributed by atoms with E-state index in [9.17, 15) is 9.59 Å². The number of rotatable bonds is 9. The molecule has 0 saturated carbocycles. The van der Waals surface area contributed by atoms with E-state index in [2.05, 4.69) is 31.7 Å². The van der Waals surface area contributed by atoms with E-state index in [4.69, 9.17) is 9.84 Å². The van der Waals surface area contributed by atoms with Crippen LogP contribution in [-0.4, -0.2) is 30.3 Å². The fraction of sp³-hybridized carbons (Fsp3) is 0.625. The van der Waals surface area contributed by atoms with E-state index in [1.54, 1.807) is 6.92 Å². The Morgan fingerprint density at radius 1 is 1.24 bits per heavy atom. The fourth-order valence-electron chi connectivity index (χ4n) is 1.37. The maximum Gasteiger partial charge on any atom is 0.372 e. The first kappa shape index (κ1) is 21.5. The summed E-state index contributed by atoms with van der Waals surface area (Å²) in [5, 5.41) is 8.28. The van der Waals surface area contributed by atoms with Gasteiger partial charge in [-0.2, -0.15) is 0 Å². The molecule has 5 nitrogen and oxygen atoms in total. The third kappa shape index (κ3) is 14.4. The molecule has 1 unspecified atom stereocenters. The van der Waals surface area contributed by atoms with Gasteiger partial charge in [-0.15, -0.1) is 0 Å². The van der Waals surface area contributed by atoms with Gasteiger partial charge in [0.1, 0.15) is 0 Å². The van der Waals surface area contributed by atoms with E-state index < -0.39 is 11.7 Å². The van der Waals surface area contributed by atoms with Gasteiger partial charge in [0.25, 0.3) is 0 Å². The molecule has 1 N–H and O–H groups in total. The maximum absolute atomic E-state index is 10.8. The standard InChI is InChI=1S/C11H20O2.C5H8O3/c1-4-7-8-10(5-2)9-13-11(12)6-3;1-3-8-5(7)4(2)6/h6,10H,3-5,7-9H2,1-2H3;6H,2-3H2,1H3. The van der Waals surface area contributed by atoms with Gasteiger partial charge in [-0.3, -0.25) is 0 Å². The predicted molar refractivity (Wildman–Crippen MR) is 82.9 cm³/mol. The van der Waals surface area contributed by atoms with Gasteiger partial charge < -0.3 is 14.6 Å². The third-order valence-corrected chi connectivity index (χ3v) is 2.68. The maximum atomic E-state index is 10.8. The quantitative estimate of drug-likeness (QED) is 0.400. The molecule has 0 aliphatic rings. The molecular weight excluding hydrogens is 272 g/mol. The van der Waals surface area contributed by atoms with Crippen LogP contribution in [0.1, 0.15) is 46.5 Å². The van der Waals surface area contributed by atoms with Gasteiger partial charge in [-0.25, -0.2) is 9.59 Å². The smallest absolute Gasteiger partial charge is 0.372 e. The second kappa shape index (κ2) is 14.6. The molecule has 0 bridgehead atoms. The predicted octanol–water partition coefficient (Wildman–Crippen LogP) is 3.55.